The Morgan fingerprint density at radius 2 is 1.55 bits per heavy atom. The van der Waals surface area contributed by atoms with Crippen LogP contribution in [0.2, 0.25) is 0 Å². The van der Waals surface area contributed by atoms with Crippen LogP contribution in [-0.2, 0) is 12.8 Å². The quantitative estimate of drug-likeness (QED) is 0.398. The zero-order valence-corrected chi connectivity index (χ0v) is 19.5. The Bertz CT molecular complexity index is 1040. The van der Waals surface area contributed by atoms with Gasteiger partial charge in [0.2, 0.25) is 0 Å². The molecule has 0 unspecified atom stereocenters. The first-order valence-corrected chi connectivity index (χ1v) is 11.2. The molecule has 0 aliphatic heterocycles. The molecule has 3 aromatic rings. The number of aliphatic hydroxyl groups excluding tert-OH is 1. The molecule has 0 spiro atoms. The SMILES string of the molecule is COc1cc([C@@H](O)[C@@H](CCCc2ccccc2)Cc2cccc(C(=O)O)c2)cc(OC)c1C. The molecule has 0 aliphatic rings. The van der Waals surface area contributed by atoms with Gasteiger partial charge >= 0.3 is 5.97 Å². The minimum atomic E-state index is -0.953. The fraction of sp³-hybridized carbons (Fsp3) is 0.321. The minimum absolute atomic E-state index is 0.102. The molecule has 2 atom stereocenters. The standard InChI is InChI=1S/C28H32O5/c1-19-25(32-2)17-24(18-26(19)33-3)27(29)22(13-7-11-20-9-5-4-6-10-20)15-21-12-8-14-23(16-21)28(30)31/h4-6,8-10,12,14,16-18,22,27,29H,7,11,13,15H2,1-3H3,(H,30,31)/t22-,27-/m0/s1. The van der Waals surface area contributed by atoms with Crippen molar-refractivity contribution < 1.29 is 24.5 Å². The van der Waals surface area contributed by atoms with Crippen molar-refractivity contribution in [2.75, 3.05) is 14.2 Å². The molecule has 5 heteroatoms. The van der Waals surface area contributed by atoms with Gasteiger partial charge in [-0.1, -0.05) is 42.5 Å². The highest BCUT2D eigenvalue weighted by atomic mass is 16.5. The lowest BCUT2D eigenvalue weighted by atomic mass is 9.85. The molecule has 0 saturated heterocycles. The topological polar surface area (TPSA) is 76.0 Å². The number of methoxy groups -OCH3 is 2. The van der Waals surface area contributed by atoms with E-state index in [9.17, 15) is 15.0 Å². The predicted octanol–water partition coefficient (Wildman–Crippen LogP) is 5.63. The predicted molar refractivity (Wildman–Crippen MR) is 129 cm³/mol. The smallest absolute Gasteiger partial charge is 0.335 e. The largest absolute Gasteiger partial charge is 0.496 e. The normalized spacial score (nSPS) is 12.7. The average Bonchev–Trinajstić information content (AvgIpc) is 2.84. The van der Waals surface area contributed by atoms with E-state index in [1.165, 1.54) is 5.56 Å². The van der Waals surface area contributed by atoms with Gasteiger partial charge in [0.1, 0.15) is 11.5 Å². The van der Waals surface area contributed by atoms with Gasteiger partial charge in [-0.05, 0) is 79.5 Å². The third-order valence-corrected chi connectivity index (χ3v) is 6.12. The van der Waals surface area contributed by atoms with Gasteiger partial charge in [-0.25, -0.2) is 4.79 Å². The molecule has 0 amide bonds. The molecule has 5 nitrogen and oxygen atoms in total. The summed E-state index contributed by atoms with van der Waals surface area (Å²) in [5, 5.41) is 20.8. The maximum atomic E-state index is 11.4. The molecule has 0 radical (unpaired) electrons. The summed E-state index contributed by atoms with van der Waals surface area (Å²) in [6, 6.07) is 21.0. The zero-order chi connectivity index (χ0) is 23.8. The Morgan fingerprint density at radius 1 is 0.909 bits per heavy atom. The molecule has 0 heterocycles. The Hall–Kier alpha value is -3.31. The Kier molecular flexibility index (Phi) is 8.50. The van der Waals surface area contributed by atoms with E-state index >= 15 is 0 Å². The van der Waals surface area contributed by atoms with Crippen LogP contribution >= 0.6 is 0 Å². The lowest BCUT2D eigenvalue weighted by Crippen LogP contribution is -2.17. The van der Waals surface area contributed by atoms with E-state index in [2.05, 4.69) is 12.1 Å². The number of ether oxygens (including phenoxy) is 2. The number of aliphatic hydroxyl groups is 1. The Morgan fingerprint density at radius 3 is 2.15 bits per heavy atom. The fourth-order valence-electron chi connectivity index (χ4n) is 4.27. The van der Waals surface area contributed by atoms with Crippen LogP contribution < -0.4 is 9.47 Å². The lowest BCUT2D eigenvalue weighted by molar-refractivity contribution is 0.0696. The maximum Gasteiger partial charge on any atom is 0.335 e. The number of aromatic carboxylic acids is 1. The van der Waals surface area contributed by atoms with Crippen LogP contribution in [0, 0.1) is 12.8 Å². The molecular formula is C28H32O5. The number of hydrogen-bond acceptors (Lipinski definition) is 4. The number of carbonyl (C=O) groups is 1. The minimum Gasteiger partial charge on any atom is -0.496 e. The second-order valence-electron chi connectivity index (χ2n) is 8.34. The lowest BCUT2D eigenvalue weighted by Gasteiger charge is -2.25. The molecule has 0 aromatic heterocycles. The first-order valence-electron chi connectivity index (χ1n) is 11.2. The first kappa shape index (κ1) is 24.3. The summed E-state index contributed by atoms with van der Waals surface area (Å²) in [4.78, 5) is 11.4. The van der Waals surface area contributed by atoms with E-state index in [-0.39, 0.29) is 11.5 Å². The third-order valence-electron chi connectivity index (χ3n) is 6.12. The summed E-state index contributed by atoms with van der Waals surface area (Å²) < 4.78 is 11.0. The highest BCUT2D eigenvalue weighted by molar-refractivity contribution is 5.87. The monoisotopic (exact) mass is 448 g/mol. The number of benzene rings is 3. The summed E-state index contributed by atoms with van der Waals surface area (Å²) in [5.74, 6) is 0.277. The van der Waals surface area contributed by atoms with Crippen LogP contribution in [0.3, 0.4) is 0 Å². The molecule has 3 aromatic carbocycles. The molecule has 0 bridgehead atoms. The number of carboxylic acids is 1. The van der Waals surface area contributed by atoms with Crippen LogP contribution in [0.5, 0.6) is 11.5 Å². The summed E-state index contributed by atoms with van der Waals surface area (Å²) in [5.41, 5.74) is 4.02. The van der Waals surface area contributed by atoms with Crippen LogP contribution in [0.4, 0.5) is 0 Å². The van der Waals surface area contributed by atoms with Crippen LogP contribution in [-0.4, -0.2) is 30.4 Å². The number of carboxylic acid groups (broad SMARTS) is 1. The molecular weight excluding hydrogens is 416 g/mol. The molecule has 174 valence electrons. The van der Waals surface area contributed by atoms with E-state index < -0.39 is 12.1 Å². The van der Waals surface area contributed by atoms with Crippen LogP contribution in [0.1, 0.15) is 51.6 Å². The molecule has 0 fully saturated rings. The average molecular weight is 449 g/mol. The summed E-state index contributed by atoms with van der Waals surface area (Å²) >= 11 is 0. The van der Waals surface area contributed by atoms with Gasteiger partial charge in [0.05, 0.1) is 25.9 Å². The van der Waals surface area contributed by atoms with Gasteiger partial charge in [-0.2, -0.15) is 0 Å². The van der Waals surface area contributed by atoms with Crippen molar-refractivity contribution in [2.24, 2.45) is 5.92 Å². The summed E-state index contributed by atoms with van der Waals surface area (Å²) in [6.45, 7) is 1.92. The first-order chi connectivity index (χ1) is 15.9. The van der Waals surface area contributed by atoms with Gasteiger partial charge in [-0.15, -0.1) is 0 Å². The maximum absolute atomic E-state index is 11.4. The van der Waals surface area contributed by atoms with Crippen molar-refractivity contribution >= 4 is 5.97 Å². The second kappa shape index (κ2) is 11.5. The van der Waals surface area contributed by atoms with Crippen LogP contribution in [0.25, 0.3) is 0 Å². The van der Waals surface area contributed by atoms with Gasteiger partial charge in [0, 0.05) is 5.56 Å². The van der Waals surface area contributed by atoms with Crippen molar-refractivity contribution in [3.63, 3.8) is 0 Å². The van der Waals surface area contributed by atoms with Crippen molar-refractivity contribution in [3.8, 4) is 11.5 Å². The van der Waals surface area contributed by atoms with Crippen molar-refractivity contribution in [1.29, 1.82) is 0 Å². The van der Waals surface area contributed by atoms with E-state index in [0.717, 1.165) is 36.0 Å². The molecule has 2 N–H and O–H groups in total. The second-order valence-corrected chi connectivity index (χ2v) is 8.34. The van der Waals surface area contributed by atoms with E-state index in [0.29, 0.717) is 17.9 Å². The van der Waals surface area contributed by atoms with Gasteiger partial charge in [0.15, 0.2) is 0 Å². The van der Waals surface area contributed by atoms with E-state index in [1.54, 1.807) is 32.4 Å². The van der Waals surface area contributed by atoms with Crippen molar-refractivity contribution in [2.45, 2.75) is 38.7 Å². The van der Waals surface area contributed by atoms with Gasteiger partial charge in [0.25, 0.3) is 0 Å². The van der Waals surface area contributed by atoms with Crippen molar-refractivity contribution in [3.05, 3.63) is 94.5 Å². The van der Waals surface area contributed by atoms with E-state index in [1.807, 2.05) is 43.3 Å². The highest BCUT2D eigenvalue weighted by Gasteiger charge is 2.24. The summed E-state index contributed by atoms with van der Waals surface area (Å²) in [7, 11) is 3.21. The van der Waals surface area contributed by atoms with Crippen molar-refractivity contribution in [1.82, 2.24) is 0 Å². The summed E-state index contributed by atoms with van der Waals surface area (Å²) in [6.07, 6.45) is 2.42. The highest BCUT2D eigenvalue weighted by Crippen LogP contribution is 2.36. The molecule has 0 aliphatic carbocycles. The van der Waals surface area contributed by atoms with Gasteiger partial charge in [-0.3, -0.25) is 0 Å². The zero-order valence-electron chi connectivity index (χ0n) is 19.5. The fourth-order valence-corrected chi connectivity index (χ4v) is 4.27. The van der Waals surface area contributed by atoms with E-state index in [4.69, 9.17) is 9.47 Å². The number of hydrogen-bond donors (Lipinski definition) is 2. The molecule has 33 heavy (non-hydrogen) atoms. The number of aryl methyl sites for hydroxylation is 1. The molecule has 0 saturated carbocycles. The Labute approximate surface area is 195 Å². The number of rotatable bonds is 11. The van der Waals surface area contributed by atoms with Crippen LogP contribution in [0.15, 0.2) is 66.7 Å². The Balaban J connectivity index is 1.86. The van der Waals surface area contributed by atoms with Gasteiger partial charge < -0.3 is 19.7 Å². The third kappa shape index (κ3) is 6.36. The molecule has 3 rings (SSSR count).